The summed E-state index contributed by atoms with van der Waals surface area (Å²) >= 11 is 0. The molecule has 3 aromatic heterocycles. The first kappa shape index (κ1) is 24.7. The summed E-state index contributed by atoms with van der Waals surface area (Å²) in [7, 11) is -3.86. The fourth-order valence-corrected chi connectivity index (χ4v) is 3.10. The molecule has 0 aliphatic heterocycles. The fraction of sp³-hybridized carbons (Fsp3) is 0.200. The van der Waals surface area contributed by atoms with Crippen molar-refractivity contribution in [2.45, 2.75) is 19.3 Å². The molecule has 0 saturated carbocycles. The van der Waals surface area contributed by atoms with Crippen LogP contribution < -0.4 is 0 Å². The predicted molar refractivity (Wildman–Crippen MR) is 105 cm³/mol. The number of rotatable bonds is 5. The van der Waals surface area contributed by atoms with Crippen LogP contribution >= 0.6 is 0 Å². The average molecular weight is 626 g/mol. The maximum atomic E-state index is 14.0. The molecule has 0 spiro atoms. The van der Waals surface area contributed by atoms with Crippen molar-refractivity contribution in [2.24, 2.45) is 0 Å². The Morgan fingerprint density at radius 2 is 1.65 bits per heavy atom. The minimum atomic E-state index is -3.86. The number of aromatic nitrogens is 3. The molecule has 0 unspecified atom stereocenters. The molecule has 3 aromatic rings. The van der Waals surface area contributed by atoms with Crippen molar-refractivity contribution >= 4 is 15.9 Å². The summed E-state index contributed by atoms with van der Waals surface area (Å²) in [5, 5.41) is 0. The largest absolute Gasteiger partial charge is 2.00 e. The standard InChI is InChI=1S/C20H17F2N4O3S.Pt/c1-20(2,16-9-5-7-14(24-16)19(27)26-30(3,28)29)15-8-4-6-13(23-15)12-10-11-17(21)25-18(12)22;/h4-9,11H,1-3H3,(H,26,27);/q-1;+2/p-1. The van der Waals surface area contributed by atoms with Gasteiger partial charge in [0.15, 0.2) is 0 Å². The minimum Gasteiger partial charge on any atom is -0.541 e. The van der Waals surface area contributed by atoms with Crippen molar-refractivity contribution in [3.63, 3.8) is 0 Å². The van der Waals surface area contributed by atoms with Gasteiger partial charge in [-0.25, -0.2) is 17.2 Å². The molecule has 0 saturated heterocycles. The molecule has 3 rings (SSSR count). The second kappa shape index (κ2) is 9.28. The van der Waals surface area contributed by atoms with E-state index < -0.39 is 33.2 Å². The molecule has 11 heteroatoms. The maximum Gasteiger partial charge on any atom is 2.00 e. The van der Waals surface area contributed by atoms with Crippen molar-refractivity contribution in [3.05, 3.63) is 82.2 Å². The molecule has 31 heavy (non-hydrogen) atoms. The van der Waals surface area contributed by atoms with Crippen molar-refractivity contribution in [2.75, 3.05) is 6.26 Å². The van der Waals surface area contributed by atoms with E-state index in [1.54, 1.807) is 38.1 Å². The molecule has 3 heterocycles. The van der Waals surface area contributed by atoms with Crippen LogP contribution in [0.25, 0.3) is 16.0 Å². The number of sulfonamides is 1. The fourth-order valence-electron chi connectivity index (χ4n) is 2.71. The summed E-state index contributed by atoms with van der Waals surface area (Å²) < 4.78 is 52.7. The third-order valence-electron chi connectivity index (χ3n) is 4.25. The molecule has 7 nitrogen and oxygen atoms in total. The minimum absolute atomic E-state index is 0. The normalized spacial score (nSPS) is 11.5. The van der Waals surface area contributed by atoms with Gasteiger partial charge in [-0.05, 0) is 37.7 Å². The van der Waals surface area contributed by atoms with Crippen LogP contribution in [-0.2, 0) is 36.5 Å². The Morgan fingerprint density at radius 1 is 1.03 bits per heavy atom. The van der Waals surface area contributed by atoms with Gasteiger partial charge in [0.25, 0.3) is 0 Å². The molecule has 0 aromatic carbocycles. The number of hydrogen-bond donors (Lipinski definition) is 0. The quantitative estimate of drug-likeness (QED) is 0.318. The zero-order valence-corrected chi connectivity index (χ0v) is 19.6. The van der Waals surface area contributed by atoms with Crippen LogP contribution in [0.5, 0.6) is 0 Å². The molecule has 0 aliphatic rings. The van der Waals surface area contributed by atoms with Crippen LogP contribution in [0.15, 0.2) is 42.5 Å². The third-order valence-corrected chi connectivity index (χ3v) is 4.75. The Balaban J connectivity index is 0.00000341. The summed E-state index contributed by atoms with van der Waals surface area (Å²) in [4.78, 5) is 23.9. The smallest absolute Gasteiger partial charge is 0.541 e. The number of nitrogens with zero attached hydrogens (tertiary/aromatic N) is 4. The number of halogens is 2. The molecule has 0 N–H and O–H groups in total. The van der Waals surface area contributed by atoms with Gasteiger partial charge in [-0.15, -0.1) is 6.07 Å². The Bertz CT molecular complexity index is 1240. The summed E-state index contributed by atoms with van der Waals surface area (Å²) in [5.41, 5.74) is 0.0334. The van der Waals surface area contributed by atoms with Gasteiger partial charge in [-0.3, -0.25) is 9.97 Å². The van der Waals surface area contributed by atoms with E-state index in [1.165, 1.54) is 12.1 Å². The Labute approximate surface area is 192 Å². The van der Waals surface area contributed by atoms with Gasteiger partial charge in [-0.2, -0.15) is 0 Å². The molecule has 0 fully saturated rings. The van der Waals surface area contributed by atoms with Crippen molar-refractivity contribution in [1.82, 2.24) is 15.0 Å². The Morgan fingerprint density at radius 3 is 2.26 bits per heavy atom. The molecule has 0 bridgehead atoms. The van der Waals surface area contributed by atoms with E-state index in [-0.39, 0.29) is 38.0 Å². The SMILES string of the molecule is CC(C)(c1cccc(C(=O)[N-]S(C)(=O)=O)n1)c1cccc(-c2[c-]cc(F)nc2F)n1.[Pt+2]. The van der Waals surface area contributed by atoms with E-state index in [1.807, 2.05) is 0 Å². The monoisotopic (exact) mass is 625 g/mol. The second-order valence-electron chi connectivity index (χ2n) is 6.96. The van der Waals surface area contributed by atoms with Gasteiger partial charge in [-0.1, -0.05) is 29.8 Å². The van der Waals surface area contributed by atoms with E-state index in [2.05, 4.69) is 25.7 Å². The molecule has 0 radical (unpaired) electrons. The van der Waals surface area contributed by atoms with Gasteiger partial charge in [0, 0.05) is 17.4 Å². The number of pyridine rings is 3. The molecule has 0 atom stereocenters. The van der Waals surface area contributed by atoms with E-state index >= 15 is 0 Å². The van der Waals surface area contributed by atoms with Crippen LogP contribution in [0.3, 0.4) is 0 Å². The number of hydrogen-bond acceptors (Lipinski definition) is 6. The molecular weight excluding hydrogens is 609 g/mol. The Hall–Kier alpha value is -2.58. The summed E-state index contributed by atoms with van der Waals surface area (Å²) in [6, 6.07) is 12.8. The molecular formula is C20H16F2N4O3PtS. The third kappa shape index (κ3) is 5.77. The van der Waals surface area contributed by atoms with E-state index in [4.69, 9.17) is 0 Å². The molecule has 164 valence electrons. The second-order valence-corrected chi connectivity index (χ2v) is 8.61. The molecule has 0 aliphatic carbocycles. The van der Waals surface area contributed by atoms with E-state index in [0.29, 0.717) is 11.4 Å². The number of carbonyl (C=O) groups excluding carboxylic acids is 1. The van der Waals surface area contributed by atoms with Gasteiger partial charge in [0.2, 0.25) is 0 Å². The summed E-state index contributed by atoms with van der Waals surface area (Å²) in [6.07, 6.45) is 0.814. The first-order chi connectivity index (χ1) is 14.0. The van der Waals surface area contributed by atoms with Crippen LogP contribution in [0, 0.1) is 18.0 Å². The summed E-state index contributed by atoms with van der Waals surface area (Å²) in [6.45, 7) is 3.57. The van der Waals surface area contributed by atoms with Gasteiger partial charge in [0.1, 0.15) is 17.8 Å². The first-order valence-electron chi connectivity index (χ1n) is 8.64. The Kier molecular flexibility index (Phi) is 7.39. The van der Waals surface area contributed by atoms with Crippen molar-refractivity contribution in [3.8, 4) is 11.3 Å². The van der Waals surface area contributed by atoms with Gasteiger partial charge in [0.05, 0.1) is 21.4 Å². The number of carbonyl (C=O) groups is 1. The van der Waals surface area contributed by atoms with E-state index in [0.717, 1.165) is 12.3 Å². The van der Waals surface area contributed by atoms with Crippen LogP contribution in [0.2, 0.25) is 0 Å². The van der Waals surface area contributed by atoms with Crippen molar-refractivity contribution < 1.29 is 43.1 Å². The zero-order valence-electron chi connectivity index (χ0n) is 16.5. The topological polar surface area (TPSA) is 104 Å². The predicted octanol–water partition coefficient (Wildman–Crippen LogP) is 3.41. The number of amides is 1. The summed E-state index contributed by atoms with van der Waals surface area (Å²) in [5.74, 6) is -3.01. The zero-order chi connectivity index (χ0) is 22.1. The van der Waals surface area contributed by atoms with Gasteiger partial charge >= 0.3 is 21.1 Å². The average Bonchev–Trinajstić information content (AvgIpc) is 2.67. The van der Waals surface area contributed by atoms with Crippen LogP contribution in [0.4, 0.5) is 8.78 Å². The van der Waals surface area contributed by atoms with E-state index in [9.17, 15) is 22.0 Å². The van der Waals surface area contributed by atoms with Crippen LogP contribution in [-0.4, -0.2) is 35.5 Å². The maximum absolute atomic E-state index is 14.0. The van der Waals surface area contributed by atoms with Crippen LogP contribution in [0.1, 0.15) is 35.7 Å². The van der Waals surface area contributed by atoms with Gasteiger partial charge < -0.3 is 14.5 Å². The van der Waals surface area contributed by atoms with Crippen molar-refractivity contribution in [1.29, 1.82) is 0 Å². The molecule has 1 amide bonds. The first-order valence-corrected chi connectivity index (χ1v) is 10.5.